The molecule has 1 amide bonds. The number of aliphatic carboxylic acids is 1. The molecular formula is C19H16Cl2N2O3. The van der Waals surface area contributed by atoms with Gasteiger partial charge in [-0.05, 0) is 23.8 Å². The molecule has 2 aromatic rings. The Bertz CT molecular complexity index is 869. The number of hydrogen-bond donors (Lipinski definition) is 3. The van der Waals surface area contributed by atoms with Crippen LogP contribution in [0.15, 0.2) is 48.5 Å². The summed E-state index contributed by atoms with van der Waals surface area (Å²) in [4.78, 5) is 23.7. The van der Waals surface area contributed by atoms with Gasteiger partial charge in [0.2, 0.25) is 5.91 Å². The van der Waals surface area contributed by atoms with Crippen LogP contribution < -0.4 is 10.6 Å². The first-order valence-corrected chi connectivity index (χ1v) is 8.71. The number of benzene rings is 2. The molecule has 0 aliphatic carbocycles. The standard InChI is InChI=1S/C19H16Cl2N2O3/c20-12-8-13(21)18-14(9-12)22-16(19(25)26)10-15(18)23-17(24)7-6-11-4-2-1-3-5-11/h1-9,15-16,22H,10H2,(H,23,24)(H,25,26)/b7-6+. The monoisotopic (exact) mass is 390 g/mol. The zero-order valence-electron chi connectivity index (χ0n) is 13.6. The van der Waals surface area contributed by atoms with E-state index in [2.05, 4.69) is 10.6 Å². The maximum Gasteiger partial charge on any atom is 0.326 e. The lowest BCUT2D eigenvalue weighted by Gasteiger charge is -2.32. The average molecular weight is 391 g/mol. The molecule has 2 unspecified atom stereocenters. The second-order valence-corrected chi connectivity index (χ2v) is 6.77. The third-order valence-electron chi connectivity index (χ3n) is 4.09. The van der Waals surface area contributed by atoms with Gasteiger partial charge in [-0.2, -0.15) is 0 Å². The minimum absolute atomic E-state index is 0.175. The van der Waals surface area contributed by atoms with Gasteiger partial charge < -0.3 is 15.7 Å². The summed E-state index contributed by atoms with van der Waals surface area (Å²) in [5, 5.41) is 15.9. The summed E-state index contributed by atoms with van der Waals surface area (Å²) in [6.07, 6.45) is 3.28. The molecule has 0 saturated heterocycles. The minimum Gasteiger partial charge on any atom is -0.480 e. The lowest BCUT2D eigenvalue weighted by Crippen LogP contribution is -2.40. The predicted molar refractivity (Wildman–Crippen MR) is 102 cm³/mol. The van der Waals surface area contributed by atoms with E-state index >= 15 is 0 Å². The second-order valence-electron chi connectivity index (χ2n) is 5.92. The van der Waals surface area contributed by atoms with Crippen LogP contribution in [0, 0.1) is 0 Å². The Morgan fingerprint density at radius 1 is 1.19 bits per heavy atom. The first-order valence-electron chi connectivity index (χ1n) is 7.96. The number of fused-ring (bicyclic) bond motifs is 1. The molecule has 0 radical (unpaired) electrons. The van der Waals surface area contributed by atoms with Crippen molar-refractivity contribution >= 4 is 46.8 Å². The second kappa shape index (κ2) is 7.81. The van der Waals surface area contributed by atoms with E-state index in [1.807, 2.05) is 30.3 Å². The Kier molecular flexibility index (Phi) is 5.49. The summed E-state index contributed by atoms with van der Waals surface area (Å²) >= 11 is 12.3. The quantitative estimate of drug-likeness (QED) is 0.685. The van der Waals surface area contributed by atoms with E-state index in [-0.39, 0.29) is 12.3 Å². The van der Waals surface area contributed by atoms with Gasteiger partial charge in [0.05, 0.1) is 6.04 Å². The number of nitrogens with one attached hydrogen (secondary N) is 2. The van der Waals surface area contributed by atoms with Gasteiger partial charge in [-0.3, -0.25) is 4.79 Å². The van der Waals surface area contributed by atoms with Gasteiger partial charge in [-0.1, -0.05) is 53.5 Å². The molecule has 3 rings (SSSR count). The van der Waals surface area contributed by atoms with E-state index in [0.29, 0.717) is 21.3 Å². The van der Waals surface area contributed by atoms with Gasteiger partial charge in [0.15, 0.2) is 0 Å². The van der Waals surface area contributed by atoms with Gasteiger partial charge in [0, 0.05) is 33.8 Å². The molecule has 2 aromatic carbocycles. The summed E-state index contributed by atoms with van der Waals surface area (Å²) in [6.45, 7) is 0. The highest BCUT2D eigenvalue weighted by atomic mass is 35.5. The van der Waals surface area contributed by atoms with Crippen LogP contribution in [0.3, 0.4) is 0 Å². The molecule has 0 spiro atoms. The number of anilines is 1. The number of halogens is 2. The molecule has 134 valence electrons. The highest BCUT2D eigenvalue weighted by Gasteiger charge is 2.33. The smallest absolute Gasteiger partial charge is 0.326 e. The fraction of sp³-hybridized carbons (Fsp3) is 0.158. The molecular weight excluding hydrogens is 375 g/mol. The molecule has 0 saturated carbocycles. The van der Waals surface area contributed by atoms with Gasteiger partial charge in [0.25, 0.3) is 0 Å². The zero-order chi connectivity index (χ0) is 18.7. The van der Waals surface area contributed by atoms with Crippen molar-refractivity contribution in [1.29, 1.82) is 0 Å². The molecule has 2 atom stereocenters. The van der Waals surface area contributed by atoms with Crippen LogP contribution in [-0.4, -0.2) is 23.0 Å². The average Bonchev–Trinajstić information content (AvgIpc) is 2.60. The number of carboxylic acids is 1. The number of carboxylic acid groups (broad SMARTS) is 1. The topological polar surface area (TPSA) is 78.4 Å². The molecule has 1 heterocycles. The summed E-state index contributed by atoms with van der Waals surface area (Å²) in [5.41, 5.74) is 2.04. The van der Waals surface area contributed by atoms with Crippen molar-refractivity contribution in [2.75, 3.05) is 5.32 Å². The van der Waals surface area contributed by atoms with Crippen LogP contribution in [0.4, 0.5) is 5.69 Å². The zero-order valence-corrected chi connectivity index (χ0v) is 15.1. The summed E-state index contributed by atoms with van der Waals surface area (Å²) in [6, 6.07) is 11.2. The van der Waals surface area contributed by atoms with Crippen molar-refractivity contribution in [1.82, 2.24) is 5.32 Å². The number of carbonyl (C=O) groups is 2. The van der Waals surface area contributed by atoms with Crippen LogP contribution in [0.2, 0.25) is 10.0 Å². The van der Waals surface area contributed by atoms with Gasteiger partial charge >= 0.3 is 5.97 Å². The van der Waals surface area contributed by atoms with Crippen molar-refractivity contribution in [2.45, 2.75) is 18.5 Å². The van der Waals surface area contributed by atoms with Crippen molar-refractivity contribution in [3.63, 3.8) is 0 Å². The van der Waals surface area contributed by atoms with Gasteiger partial charge in [-0.15, -0.1) is 0 Å². The van der Waals surface area contributed by atoms with Gasteiger partial charge in [0.1, 0.15) is 6.04 Å². The van der Waals surface area contributed by atoms with Crippen LogP contribution in [-0.2, 0) is 9.59 Å². The SMILES string of the molecule is O=C(/C=C/c1ccccc1)NC1CC(C(=O)O)Nc2cc(Cl)cc(Cl)c21. The Balaban J connectivity index is 1.83. The van der Waals surface area contributed by atoms with E-state index in [1.54, 1.807) is 18.2 Å². The third-order valence-corrected chi connectivity index (χ3v) is 4.62. The largest absolute Gasteiger partial charge is 0.480 e. The van der Waals surface area contributed by atoms with Crippen LogP contribution in [0.5, 0.6) is 0 Å². The number of amides is 1. The molecule has 0 bridgehead atoms. The summed E-state index contributed by atoms with van der Waals surface area (Å²) in [5.74, 6) is -1.34. The van der Waals surface area contributed by atoms with Crippen LogP contribution >= 0.6 is 23.2 Å². The van der Waals surface area contributed by atoms with E-state index in [0.717, 1.165) is 5.56 Å². The molecule has 26 heavy (non-hydrogen) atoms. The first-order chi connectivity index (χ1) is 12.4. The lowest BCUT2D eigenvalue weighted by molar-refractivity contribution is -0.138. The third kappa shape index (κ3) is 4.18. The predicted octanol–water partition coefficient (Wildman–Crippen LogP) is 4.13. The van der Waals surface area contributed by atoms with E-state index < -0.39 is 18.1 Å². The Morgan fingerprint density at radius 2 is 1.92 bits per heavy atom. The first kappa shape index (κ1) is 18.3. The fourth-order valence-corrected chi connectivity index (χ4v) is 3.53. The highest BCUT2D eigenvalue weighted by molar-refractivity contribution is 6.35. The number of hydrogen-bond acceptors (Lipinski definition) is 3. The van der Waals surface area contributed by atoms with E-state index in [9.17, 15) is 14.7 Å². The lowest BCUT2D eigenvalue weighted by atomic mass is 9.92. The summed E-state index contributed by atoms with van der Waals surface area (Å²) < 4.78 is 0. The maximum atomic E-state index is 12.3. The maximum absolute atomic E-state index is 12.3. The van der Waals surface area contributed by atoms with Crippen LogP contribution in [0.1, 0.15) is 23.6 Å². The minimum atomic E-state index is -1.01. The van der Waals surface area contributed by atoms with Crippen molar-refractivity contribution in [3.8, 4) is 0 Å². The molecule has 0 aromatic heterocycles. The van der Waals surface area contributed by atoms with Crippen molar-refractivity contribution in [3.05, 3.63) is 69.7 Å². The Labute approximate surface area is 160 Å². The molecule has 0 fully saturated rings. The number of carbonyl (C=O) groups excluding carboxylic acids is 1. The molecule has 3 N–H and O–H groups in total. The van der Waals surface area contributed by atoms with Crippen LogP contribution in [0.25, 0.3) is 6.08 Å². The Morgan fingerprint density at radius 3 is 2.62 bits per heavy atom. The van der Waals surface area contributed by atoms with E-state index in [1.165, 1.54) is 6.08 Å². The molecule has 5 nitrogen and oxygen atoms in total. The van der Waals surface area contributed by atoms with E-state index in [4.69, 9.17) is 23.2 Å². The molecule has 1 aliphatic rings. The summed E-state index contributed by atoms with van der Waals surface area (Å²) in [7, 11) is 0. The molecule has 1 aliphatic heterocycles. The number of rotatable bonds is 4. The van der Waals surface area contributed by atoms with Crippen molar-refractivity contribution < 1.29 is 14.7 Å². The molecule has 7 heteroatoms. The fourth-order valence-electron chi connectivity index (χ4n) is 2.91. The Hall–Kier alpha value is -2.50. The van der Waals surface area contributed by atoms with Crippen molar-refractivity contribution in [2.24, 2.45) is 0 Å². The normalized spacial score (nSPS) is 18.8. The highest BCUT2D eigenvalue weighted by Crippen LogP contribution is 2.39. The van der Waals surface area contributed by atoms with Gasteiger partial charge in [-0.25, -0.2) is 4.79 Å².